The third-order valence-corrected chi connectivity index (χ3v) is 5.31. The molecule has 0 aliphatic carbocycles. The Morgan fingerprint density at radius 3 is 2.59 bits per heavy atom. The van der Waals surface area contributed by atoms with E-state index in [1.807, 2.05) is 31.2 Å². The van der Waals surface area contributed by atoms with E-state index in [9.17, 15) is 4.79 Å². The zero-order valence-corrected chi connectivity index (χ0v) is 20.8. The van der Waals surface area contributed by atoms with Gasteiger partial charge in [0.25, 0.3) is 5.91 Å². The van der Waals surface area contributed by atoms with E-state index < -0.39 is 0 Å². The van der Waals surface area contributed by atoms with Crippen LogP contribution in [-0.4, -0.2) is 56.0 Å². The molecule has 29 heavy (non-hydrogen) atoms. The molecular formula is C21H32IN5OS. The molecule has 2 aromatic rings. The number of benzene rings is 1. The van der Waals surface area contributed by atoms with Gasteiger partial charge in [-0.2, -0.15) is 0 Å². The topological polar surface area (TPSA) is 69.6 Å². The minimum absolute atomic E-state index is 0. The quantitative estimate of drug-likeness (QED) is 0.226. The SMILES string of the molecule is CN=C(NCCCCc1nc(C)cs1)NCCc1cccc(C(=O)N(C)C)c1.I. The van der Waals surface area contributed by atoms with Crippen molar-refractivity contribution in [3.8, 4) is 0 Å². The first-order chi connectivity index (χ1) is 13.5. The minimum Gasteiger partial charge on any atom is -0.356 e. The lowest BCUT2D eigenvalue weighted by molar-refractivity contribution is 0.0827. The van der Waals surface area contributed by atoms with E-state index in [1.54, 1.807) is 37.4 Å². The van der Waals surface area contributed by atoms with Crippen LogP contribution in [0.15, 0.2) is 34.6 Å². The Bertz CT molecular complexity index is 791. The average Bonchev–Trinajstić information content (AvgIpc) is 3.11. The molecule has 6 nitrogen and oxygen atoms in total. The summed E-state index contributed by atoms with van der Waals surface area (Å²) in [5, 5.41) is 10.0. The average molecular weight is 529 g/mol. The van der Waals surface area contributed by atoms with Crippen LogP contribution < -0.4 is 10.6 Å². The van der Waals surface area contributed by atoms with Crippen LogP contribution in [0.5, 0.6) is 0 Å². The summed E-state index contributed by atoms with van der Waals surface area (Å²) in [5.74, 6) is 0.839. The molecule has 0 aliphatic heterocycles. The van der Waals surface area contributed by atoms with Crippen LogP contribution in [-0.2, 0) is 12.8 Å². The van der Waals surface area contributed by atoms with Crippen LogP contribution >= 0.6 is 35.3 Å². The number of aliphatic imine (C=N–C) groups is 1. The number of hydrogen-bond donors (Lipinski definition) is 2. The van der Waals surface area contributed by atoms with Crippen LogP contribution in [0.2, 0.25) is 0 Å². The second-order valence-corrected chi connectivity index (χ2v) is 7.86. The highest BCUT2D eigenvalue weighted by Crippen LogP contribution is 2.11. The summed E-state index contributed by atoms with van der Waals surface area (Å²) in [4.78, 5) is 22.4. The predicted octanol–water partition coefficient (Wildman–Crippen LogP) is 3.50. The van der Waals surface area contributed by atoms with E-state index in [-0.39, 0.29) is 29.9 Å². The Kier molecular flexibility index (Phi) is 11.8. The number of carbonyl (C=O) groups excluding carboxylic acids is 1. The van der Waals surface area contributed by atoms with Crippen LogP contribution in [0.3, 0.4) is 0 Å². The number of carbonyl (C=O) groups is 1. The number of rotatable bonds is 9. The molecule has 0 saturated heterocycles. The predicted molar refractivity (Wildman–Crippen MR) is 133 cm³/mol. The number of unbranched alkanes of at least 4 members (excludes halogenated alkanes) is 1. The zero-order chi connectivity index (χ0) is 20.4. The fourth-order valence-corrected chi connectivity index (χ4v) is 3.61. The number of nitrogens with one attached hydrogen (secondary N) is 2. The second-order valence-electron chi connectivity index (χ2n) is 6.92. The highest BCUT2D eigenvalue weighted by molar-refractivity contribution is 14.0. The molecular weight excluding hydrogens is 497 g/mol. The van der Waals surface area contributed by atoms with Gasteiger partial charge in [-0.25, -0.2) is 4.98 Å². The van der Waals surface area contributed by atoms with E-state index >= 15 is 0 Å². The van der Waals surface area contributed by atoms with Gasteiger partial charge in [-0.05, 0) is 50.3 Å². The first kappa shape index (κ1) is 25.4. The van der Waals surface area contributed by atoms with E-state index in [0.717, 1.165) is 61.6 Å². The molecule has 1 aromatic heterocycles. The Balaban J connectivity index is 0.00000420. The second kappa shape index (κ2) is 13.5. The molecule has 8 heteroatoms. The van der Waals surface area contributed by atoms with Gasteiger partial charge in [0.1, 0.15) is 0 Å². The van der Waals surface area contributed by atoms with Crippen molar-refractivity contribution in [1.29, 1.82) is 0 Å². The maximum Gasteiger partial charge on any atom is 0.253 e. The molecule has 0 saturated carbocycles. The Labute approximate surface area is 195 Å². The Hall–Kier alpha value is -1.68. The Morgan fingerprint density at radius 1 is 1.17 bits per heavy atom. The number of amides is 1. The van der Waals surface area contributed by atoms with Gasteiger partial charge in [-0.1, -0.05) is 12.1 Å². The van der Waals surface area contributed by atoms with Crippen LogP contribution in [0, 0.1) is 6.92 Å². The van der Waals surface area contributed by atoms with Crippen LogP contribution in [0.4, 0.5) is 0 Å². The lowest BCUT2D eigenvalue weighted by Gasteiger charge is -2.13. The maximum atomic E-state index is 12.1. The van der Waals surface area contributed by atoms with Crippen molar-refractivity contribution in [3.63, 3.8) is 0 Å². The highest BCUT2D eigenvalue weighted by Gasteiger charge is 2.08. The van der Waals surface area contributed by atoms with E-state index in [4.69, 9.17) is 0 Å². The van der Waals surface area contributed by atoms with Crippen molar-refractivity contribution in [3.05, 3.63) is 51.5 Å². The van der Waals surface area contributed by atoms with Crippen LogP contribution in [0.25, 0.3) is 0 Å². The lowest BCUT2D eigenvalue weighted by atomic mass is 10.1. The standard InChI is InChI=1S/C21H31N5OS.HI/c1-16-15-28-19(25-16)10-5-6-12-23-21(22-2)24-13-11-17-8-7-9-18(14-17)20(27)26(3)4;/h7-9,14-15H,5-6,10-13H2,1-4H3,(H2,22,23,24);1H. The highest BCUT2D eigenvalue weighted by atomic mass is 127. The van der Waals surface area contributed by atoms with E-state index in [2.05, 4.69) is 26.0 Å². The molecule has 1 heterocycles. The molecule has 1 aromatic carbocycles. The van der Waals surface area contributed by atoms with Crippen molar-refractivity contribution in [2.75, 3.05) is 34.2 Å². The van der Waals surface area contributed by atoms with Gasteiger partial charge >= 0.3 is 0 Å². The molecule has 2 N–H and O–H groups in total. The summed E-state index contributed by atoms with van der Waals surface area (Å²) in [6.07, 6.45) is 4.06. The number of hydrogen-bond acceptors (Lipinski definition) is 4. The monoisotopic (exact) mass is 529 g/mol. The minimum atomic E-state index is 0. The molecule has 2 rings (SSSR count). The molecule has 160 valence electrons. The molecule has 0 fully saturated rings. The first-order valence-corrected chi connectivity index (χ1v) is 10.5. The molecule has 1 amide bonds. The molecule has 0 bridgehead atoms. The van der Waals surface area contributed by atoms with Crippen LogP contribution in [0.1, 0.15) is 39.5 Å². The van der Waals surface area contributed by atoms with Gasteiger partial charge in [0.2, 0.25) is 0 Å². The summed E-state index contributed by atoms with van der Waals surface area (Å²) in [6.45, 7) is 3.68. The molecule has 0 aliphatic rings. The van der Waals surface area contributed by atoms with Crippen molar-refractivity contribution < 1.29 is 4.79 Å². The van der Waals surface area contributed by atoms with Gasteiger partial charge in [0, 0.05) is 50.9 Å². The number of nitrogens with zero attached hydrogens (tertiary/aromatic N) is 3. The zero-order valence-electron chi connectivity index (χ0n) is 17.7. The fraction of sp³-hybridized carbons (Fsp3) is 0.476. The van der Waals surface area contributed by atoms with Gasteiger partial charge in [0.05, 0.1) is 5.01 Å². The number of guanidine groups is 1. The largest absolute Gasteiger partial charge is 0.356 e. The fourth-order valence-electron chi connectivity index (χ4n) is 2.79. The Morgan fingerprint density at radius 2 is 1.93 bits per heavy atom. The van der Waals surface area contributed by atoms with Crippen molar-refractivity contribution >= 4 is 47.2 Å². The molecule has 0 spiro atoms. The summed E-state index contributed by atoms with van der Waals surface area (Å²) >= 11 is 1.74. The normalized spacial score (nSPS) is 11.0. The van der Waals surface area contributed by atoms with Crippen molar-refractivity contribution in [2.24, 2.45) is 4.99 Å². The summed E-state index contributed by atoms with van der Waals surface area (Å²) < 4.78 is 0. The lowest BCUT2D eigenvalue weighted by Crippen LogP contribution is -2.38. The maximum absolute atomic E-state index is 12.1. The first-order valence-electron chi connectivity index (χ1n) is 9.65. The summed E-state index contributed by atoms with van der Waals surface area (Å²) in [5.41, 5.74) is 2.97. The van der Waals surface area contributed by atoms with Gasteiger partial charge in [-0.15, -0.1) is 35.3 Å². The van der Waals surface area contributed by atoms with Crippen molar-refractivity contribution in [1.82, 2.24) is 20.5 Å². The number of aryl methyl sites for hydroxylation is 2. The number of halogens is 1. The van der Waals surface area contributed by atoms with E-state index in [1.165, 1.54) is 5.01 Å². The summed E-state index contributed by atoms with van der Waals surface area (Å²) in [6, 6.07) is 7.79. The molecule has 0 unspecified atom stereocenters. The number of thiazole rings is 1. The van der Waals surface area contributed by atoms with Gasteiger partial charge < -0.3 is 15.5 Å². The van der Waals surface area contributed by atoms with Crippen molar-refractivity contribution in [2.45, 2.75) is 32.6 Å². The summed E-state index contributed by atoms with van der Waals surface area (Å²) in [7, 11) is 5.32. The third kappa shape index (κ3) is 9.12. The molecule has 0 atom stereocenters. The van der Waals surface area contributed by atoms with E-state index in [0.29, 0.717) is 0 Å². The van der Waals surface area contributed by atoms with Gasteiger partial charge in [-0.3, -0.25) is 9.79 Å². The third-order valence-electron chi connectivity index (χ3n) is 4.29. The van der Waals surface area contributed by atoms with Gasteiger partial charge in [0.15, 0.2) is 5.96 Å². The molecule has 0 radical (unpaired) electrons. The smallest absolute Gasteiger partial charge is 0.253 e. The number of aromatic nitrogens is 1.